The molecule has 0 spiro atoms. The fourth-order valence-electron chi connectivity index (χ4n) is 1.89. The van der Waals surface area contributed by atoms with Crippen molar-refractivity contribution in [3.05, 3.63) is 29.3 Å². The monoisotopic (exact) mass is 350 g/mol. The summed E-state index contributed by atoms with van der Waals surface area (Å²) in [7, 11) is 0. The van der Waals surface area contributed by atoms with E-state index in [2.05, 4.69) is 19.2 Å². The Bertz CT molecular complexity index is 443. The summed E-state index contributed by atoms with van der Waals surface area (Å²) in [5, 5.41) is 3.49. The number of nitrogens with two attached hydrogens (primary N) is 1. The van der Waals surface area contributed by atoms with E-state index in [0.717, 1.165) is 11.3 Å². The standard InChI is InChI=1S/C15H23ClN2OS.ClH/c1-10(2)8-12(9-17)18-15(19)11(3)20-14-7-5-4-6-13(14)16;/h4-7,10-12H,8-9,17H2,1-3H3,(H,18,19);1H. The summed E-state index contributed by atoms with van der Waals surface area (Å²) in [6.45, 7) is 6.59. The molecule has 0 saturated heterocycles. The van der Waals surface area contributed by atoms with E-state index < -0.39 is 0 Å². The van der Waals surface area contributed by atoms with Gasteiger partial charge >= 0.3 is 0 Å². The second kappa shape index (κ2) is 10.3. The van der Waals surface area contributed by atoms with Gasteiger partial charge in [-0.15, -0.1) is 24.2 Å². The number of halogens is 2. The van der Waals surface area contributed by atoms with Gasteiger partial charge in [-0.25, -0.2) is 0 Å². The Morgan fingerprint density at radius 3 is 2.48 bits per heavy atom. The molecular formula is C15H24Cl2N2OS. The molecule has 2 atom stereocenters. The molecule has 6 heteroatoms. The molecule has 3 N–H and O–H groups in total. The van der Waals surface area contributed by atoms with Crippen molar-refractivity contribution in [3.8, 4) is 0 Å². The first-order valence-corrected chi connectivity index (χ1v) is 8.11. The van der Waals surface area contributed by atoms with Crippen LogP contribution < -0.4 is 11.1 Å². The zero-order valence-corrected chi connectivity index (χ0v) is 15.0. The predicted octanol–water partition coefficient (Wildman–Crippen LogP) is 3.73. The lowest BCUT2D eigenvalue weighted by molar-refractivity contribution is -0.121. The normalized spacial score (nSPS) is 13.4. The highest BCUT2D eigenvalue weighted by Gasteiger charge is 2.19. The minimum Gasteiger partial charge on any atom is -0.351 e. The lowest BCUT2D eigenvalue weighted by Gasteiger charge is -2.21. The first kappa shape index (κ1) is 20.6. The summed E-state index contributed by atoms with van der Waals surface area (Å²) in [6, 6.07) is 7.59. The molecule has 2 unspecified atom stereocenters. The van der Waals surface area contributed by atoms with Crippen molar-refractivity contribution in [1.29, 1.82) is 0 Å². The minimum absolute atomic E-state index is 0. The van der Waals surface area contributed by atoms with E-state index >= 15 is 0 Å². The van der Waals surface area contributed by atoms with Gasteiger partial charge in [-0.2, -0.15) is 0 Å². The second-order valence-corrected chi connectivity index (χ2v) is 7.05. The summed E-state index contributed by atoms with van der Waals surface area (Å²) >= 11 is 7.57. The van der Waals surface area contributed by atoms with Crippen LogP contribution in [0.4, 0.5) is 0 Å². The fourth-order valence-corrected chi connectivity index (χ4v) is 3.05. The molecule has 0 fully saturated rings. The van der Waals surface area contributed by atoms with Gasteiger partial charge in [-0.05, 0) is 31.4 Å². The Hall–Kier alpha value is -0.420. The first-order chi connectivity index (χ1) is 9.43. The van der Waals surface area contributed by atoms with Crippen LogP contribution in [0, 0.1) is 5.92 Å². The van der Waals surface area contributed by atoms with Crippen molar-refractivity contribution in [2.24, 2.45) is 11.7 Å². The average molecular weight is 351 g/mol. The molecule has 0 saturated carbocycles. The van der Waals surface area contributed by atoms with Crippen LogP contribution >= 0.6 is 35.8 Å². The van der Waals surface area contributed by atoms with Gasteiger partial charge in [0.1, 0.15) is 0 Å². The highest BCUT2D eigenvalue weighted by Crippen LogP contribution is 2.30. The zero-order valence-electron chi connectivity index (χ0n) is 12.6. The van der Waals surface area contributed by atoms with E-state index in [4.69, 9.17) is 17.3 Å². The number of rotatable bonds is 7. The molecule has 1 rings (SSSR count). The molecule has 0 aliphatic carbocycles. The number of carbonyl (C=O) groups is 1. The van der Waals surface area contributed by atoms with Crippen LogP contribution in [0.15, 0.2) is 29.2 Å². The molecule has 0 radical (unpaired) electrons. The quantitative estimate of drug-likeness (QED) is 0.736. The Morgan fingerprint density at radius 1 is 1.33 bits per heavy atom. The van der Waals surface area contributed by atoms with E-state index in [1.807, 2.05) is 31.2 Å². The van der Waals surface area contributed by atoms with Crippen molar-refractivity contribution in [1.82, 2.24) is 5.32 Å². The van der Waals surface area contributed by atoms with Crippen LogP contribution in [-0.4, -0.2) is 23.7 Å². The zero-order chi connectivity index (χ0) is 15.1. The molecule has 0 aromatic heterocycles. The summed E-state index contributed by atoms with van der Waals surface area (Å²) in [4.78, 5) is 13.1. The van der Waals surface area contributed by atoms with Crippen molar-refractivity contribution >= 4 is 41.7 Å². The van der Waals surface area contributed by atoms with Crippen molar-refractivity contribution in [2.45, 2.75) is 43.4 Å². The van der Waals surface area contributed by atoms with Crippen LogP contribution in [0.25, 0.3) is 0 Å². The molecule has 1 aromatic carbocycles. The van der Waals surface area contributed by atoms with Gasteiger partial charge in [0.05, 0.1) is 10.3 Å². The molecule has 120 valence electrons. The maximum absolute atomic E-state index is 12.2. The molecule has 0 aliphatic heterocycles. The molecule has 0 aliphatic rings. The van der Waals surface area contributed by atoms with Gasteiger partial charge in [0.15, 0.2) is 0 Å². The highest BCUT2D eigenvalue weighted by atomic mass is 35.5. The number of amides is 1. The van der Waals surface area contributed by atoms with E-state index in [9.17, 15) is 4.79 Å². The number of hydrogen-bond acceptors (Lipinski definition) is 3. The second-order valence-electron chi connectivity index (χ2n) is 5.26. The molecule has 1 aromatic rings. The van der Waals surface area contributed by atoms with Crippen LogP contribution in [0.5, 0.6) is 0 Å². The summed E-state index contributed by atoms with van der Waals surface area (Å²) in [5.74, 6) is 0.515. The molecule has 0 heterocycles. The van der Waals surface area contributed by atoms with Crippen molar-refractivity contribution in [2.75, 3.05) is 6.54 Å². The number of carbonyl (C=O) groups excluding carboxylic acids is 1. The summed E-state index contributed by atoms with van der Waals surface area (Å²) < 4.78 is 0. The van der Waals surface area contributed by atoms with Crippen LogP contribution in [0.2, 0.25) is 5.02 Å². The first-order valence-electron chi connectivity index (χ1n) is 6.85. The van der Waals surface area contributed by atoms with Crippen LogP contribution in [-0.2, 0) is 4.79 Å². The molecular weight excluding hydrogens is 327 g/mol. The van der Waals surface area contributed by atoms with E-state index in [1.165, 1.54) is 11.8 Å². The van der Waals surface area contributed by atoms with Crippen molar-refractivity contribution in [3.63, 3.8) is 0 Å². The van der Waals surface area contributed by atoms with Gasteiger partial charge in [-0.1, -0.05) is 37.6 Å². The maximum atomic E-state index is 12.2. The smallest absolute Gasteiger partial charge is 0.233 e. The topological polar surface area (TPSA) is 55.1 Å². The lowest BCUT2D eigenvalue weighted by atomic mass is 10.0. The summed E-state index contributed by atoms with van der Waals surface area (Å²) in [6.07, 6.45) is 0.895. The van der Waals surface area contributed by atoms with E-state index in [-0.39, 0.29) is 29.6 Å². The SMILES string of the molecule is CC(C)CC(CN)NC(=O)C(C)Sc1ccccc1Cl.Cl. The number of thioether (sulfide) groups is 1. The average Bonchev–Trinajstić information content (AvgIpc) is 2.39. The third-order valence-corrected chi connectivity index (χ3v) is 4.52. The minimum atomic E-state index is -0.198. The van der Waals surface area contributed by atoms with Gasteiger partial charge in [0.2, 0.25) is 5.91 Å². The highest BCUT2D eigenvalue weighted by molar-refractivity contribution is 8.00. The lowest BCUT2D eigenvalue weighted by Crippen LogP contribution is -2.44. The number of benzene rings is 1. The largest absolute Gasteiger partial charge is 0.351 e. The van der Waals surface area contributed by atoms with Crippen LogP contribution in [0.1, 0.15) is 27.2 Å². The predicted molar refractivity (Wildman–Crippen MR) is 94.5 cm³/mol. The number of hydrogen-bond donors (Lipinski definition) is 2. The third-order valence-electron chi connectivity index (χ3n) is 2.90. The number of nitrogens with one attached hydrogen (secondary N) is 1. The van der Waals surface area contributed by atoms with Gasteiger partial charge in [-0.3, -0.25) is 4.79 Å². The molecule has 21 heavy (non-hydrogen) atoms. The Kier molecular flexibility index (Phi) is 10.1. The van der Waals surface area contributed by atoms with E-state index in [0.29, 0.717) is 17.5 Å². The fraction of sp³-hybridized carbons (Fsp3) is 0.533. The van der Waals surface area contributed by atoms with Crippen LogP contribution in [0.3, 0.4) is 0 Å². The maximum Gasteiger partial charge on any atom is 0.233 e. The van der Waals surface area contributed by atoms with Crippen molar-refractivity contribution < 1.29 is 4.79 Å². The van der Waals surface area contributed by atoms with Gasteiger partial charge in [0.25, 0.3) is 0 Å². The Balaban J connectivity index is 0.00000400. The van der Waals surface area contributed by atoms with Gasteiger partial charge < -0.3 is 11.1 Å². The summed E-state index contributed by atoms with van der Waals surface area (Å²) in [5.41, 5.74) is 5.70. The third kappa shape index (κ3) is 7.41. The Labute approximate surface area is 142 Å². The molecule has 0 bridgehead atoms. The van der Waals surface area contributed by atoms with E-state index in [1.54, 1.807) is 0 Å². The molecule has 1 amide bonds. The molecule has 3 nitrogen and oxygen atoms in total. The Morgan fingerprint density at radius 2 is 1.95 bits per heavy atom. The van der Waals surface area contributed by atoms with Gasteiger partial charge in [0, 0.05) is 17.5 Å².